The Hall–Kier alpha value is -1.22. The normalized spacial score (nSPS) is 14.2. The van der Waals surface area contributed by atoms with Gasteiger partial charge < -0.3 is 0 Å². The molecule has 0 aromatic carbocycles. The molecule has 0 fully saturated rings. The topological polar surface area (TPSA) is 65.8 Å². The highest BCUT2D eigenvalue weighted by Crippen LogP contribution is 2.29. The lowest BCUT2D eigenvalue weighted by molar-refractivity contribution is 0.574. The van der Waals surface area contributed by atoms with E-state index in [0.717, 1.165) is 12.0 Å². The fourth-order valence-corrected chi connectivity index (χ4v) is 2.82. The largest absolute Gasteiger partial charge is 0.244 e. The predicted molar refractivity (Wildman–Crippen MR) is 87.2 cm³/mol. The number of nitriles is 1. The summed E-state index contributed by atoms with van der Waals surface area (Å²) in [5.41, 5.74) is 0.920. The summed E-state index contributed by atoms with van der Waals surface area (Å²) in [5, 5.41) is 9.33. The van der Waals surface area contributed by atoms with E-state index in [9.17, 15) is 4.21 Å². The van der Waals surface area contributed by atoms with E-state index in [4.69, 9.17) is 16.9 Å². The third-order valence-corrected chi connectivity index (χ3v) is 4.87. The summed E-state index contributed by atoms with van der Waals surface area (Å²) >= 11 is 6.23. The van der Waals surface area contributed by atoms with Gasteiger partial charge in [-0.05, 0) is 45.2 Å². The van der Waals surface area contributed by atoms with E-state index in [1.807, 2.05) is 26.8 Å². The van der Waals surface area contributed by atoms with Crippen molar-refractivity contribution in [2.24, 2.45) is 0 Å². The minimum Gasteiger partial charge on any atom is -0.244 e. The minimum atomic E-state index is -1.23. The van der Waals surface area contributed by atoms with E-state index in [0.29, 0.717) is 11.4 Å². The quantitative estimate of drug-likeness (QED) is 0.811. The third kappa shape index (κ3) is 4.92. The Morgan fingerprint density at radius 1 is 1.62 bits per heavy atom. The Bertz CT molecular complexity index is 575. The molecule has 0 aliphatic heterocycles. The molecular formula is C15H20ClN3OS. The molecule has 1 heterocycles. The molecule has 0 bridgehead atoms. The molecule has 1 aromatic rings. The first-order valence-electron chi connectivity index (χ1n) is 6.64. The van der Waals surface area contributed by atoms with Gasteiger partial charge in [-0.25, -0.2) is 13.9 Å². The lowest BCUT2D eigenvalue weighted by atomic mass is 10.0. The van der Waals surface area contributed by atoms with E-state index in [1.165, 1.54) is 0 Å². The molecule has 0 aliphatic rings. The van der Waals surface area contributed by atoms with Crippen molar-refractivity contribution in [3.63, 3.8) is 0 Å². The molecule has 0 spiro atoms. The summed E-state index contributed by atoms with van der Waals surface area (Å²) in [4.78, 5) is 3.93. The molecule has 0 radical (unpaired) electrons. The molecule has 1 aromatic heterocycles. The zero-order chi connectivity index (χ0) is 16.0. The van der Waals surface area contributed by atoms with Gasteiger partial charge in [-0.15, -0.1) is 6.58 Å². The first-order chi connectivity index (χ1) is 9.81. The fraction of sp³-hybridized carbons (Fsp3) is 0.467. The molecule has 2 atom stereocenters. The average molecular weight is 326 g/mol. The van der Waals surface area contributed by atoms with Crippen molar-refractivity contribution in [1.29, 1.82) is 5.26 Å². The molecular weight excluding hydrogens is 306 g/mol. The van der Waals surface area contributed by atoms with Crippen molar-refractivity contribution in [2.75, 3.05) is 0 Å². The predicted octanol–water partition coefficient (Wildman–Crippen LogP) is 3.67. The highest BCUT2D eigenvalue weighted by atomic mass is 35.5. The molecule has 6 heteroatoms. The molecule has 0 unspecified atom stereocenters. The van der Waals surface area contributed by atoms with Gasteiger partial charge in [0.1, 0.15) is 6.07 Å². The standard InChI is InChI=1S/C15H20ClN3OS/c1-5-6-7-12(19-21(20)15(2,3)4)11-8-9-18-13(10-17)14(11)16/h5,8-9,12,19H,1,6-7H2,2-4H3/t12-,21+/m1/s1. The number of nitrogens with zero attached hydrogens (tertiary/aromatic N) is 2. The Labute approximate surface area is 133 Å². The SMILES string of the molecule is C=CCC[C@@H](N[S@@](=O)C(C)(C)C)c1ccnc(C#N)c1Cl. The summed E-state index contributed by atoms with van der Waals surface area (Å²) in [6.45, 7) is 9.40. The maximum Gasteiger partial charge on any atom is 0.159 e. The zero-order valence-electron chi connectivity index (χ0n) is 12.5. The van der Waals surface area contributed by atoms with Gasteiger partial charge in [0, 0.05) is 12.2 Å². The molecule has 0 saturated carbocycles. The van der Waals surface area contributed by atoms with Crippen LogP contribution in [0.3, 0.4) is 0 Å². The Morgan fingerprint density at radius 2 is 2.29 bits per heavy atom. The molecule has 21 heavy (non-hydrogen) atoms. The zero-order valence-corrected chi connectivity index (χ0v) is 14.1. The van der Waals surface area contributed by atoms with E-state index >= 15 is 0 Å². The summed E-state index contributed by atoms with van der Waals surface area (Å²) in [6, 6.07) is 3.50. The van der Waals surface area contributed by atoms with Crippen molar-refractivity contribution >= 4 is 22.6 Å². The van der Waals surface area contributed by atoms with E-state index in [2.05, 4.69) is 16.3 Å². The van der Waals surface area contributed by atoms with Crippen molar-refractivity contribution in [3.05, 3.63) is 41.2 Å². The van der Waals surface area contributed by atoms with Crippen LogP contribution in [0.5, 0.6) is 0 Å². The van der Waals surface area contributed by atoms with Gasteiger partial charge in [0.15, 0.2) is 5.69 Å². The van der Waals surface area contributed by atoms with Crippen LogP contribution < -0.4 is 4.72 Å². The number of allylic oxidation sites excluding steroid dienone is 1. The van der Waals surface area contributed by atoms with Crippen LogP contribution in [0.25, 0.3) is 0 Å². The lowest BCUT2D eigenvalue weighted by Gasteiger charge is -2.25. The van der Waals surface area contributed by atoms with Crippen LogP contribution in [0.4, 0.5) is 0 Å². The Morgan fingerprint density at radius 3 is 2.81 bits per heavy atom. The second kappa shape index (κ2) is 7.69. The number of hydrogen-bond donors (Lipinski definition) is 1. The highest BCUT2D eigenvalue weighted by Gasteiger charge is 2.25. The third-order valence-electron chi connectivity index (χ3n) is 2.87. The van der Waals surface area contributed by atoms with Crippen LogP contribution in [0, 0.1) is 11.3 Å². The summed E-state index contributed by atoms with van der Waals surface area (Å²) in [5.74, 6) is 0. The summed E-state index contributed by atoms with van der Waals surface area (Å²) in [7, 11) is -1.23. The van der Waals surface area contributed by atoms with Gasteiger partial charge in [-0.1, -0.05) is 17.7 Å². The van der Waals surface area contributed by atoms with Gasteiger partial charge in [-0.2, -0.15) is 5.26 Å². The van der Waals surface area contributed by atoms with E-state index in [-0.39, 0.29) is 16.5 Å². The Balaban J connectivity index is 3.11. The van der Waals surface area contributed by atoms with Gasteiger partial charge in [0.2, 0.25) is 0 Å². The van der Waals surface area contributed by atoms with Crippen molar-refractivity contribution in [2.45, 2.75) is 44.4 Å². The van der Waals surface area contributed by atoms with E-state index in [1.54, 1.807) is 18.3 Å². The number of nitrogens with one attached hydrogen (secondary N) is 1. The van der Waals surface area contributed by atoms with Crippen LogP contribution in [0.15, 0.2) is 24.9 Å². The first kappa shape index (κ1) is 17.8. The molecule has 0 amide bonds. The molecule has 1 rings (SSSR count). The second-order valence-electron chi connectivity index (χ2n) is 5.59. The number of halogens is 1. The Kier molecular flexibility index (Phi) is 6.53. The maximum absolute atomic E-state index is 12.3. The molecule has 0 aliphatic carbocycles. The van der Waals surface area contributed by atoms with Crippen LogP contribution in [-0.4, -0.2) is 13.9 Å². The molecule has 114 valence electrons. The van der Waals surface area contributed by atoms with Crippen molar-refractivity contribution in [3.8, 4) is 6.07 Å². The number of pyridine rings is 1. The first-order valence-corrected chi connectivity index (χ1v) is 8.17. The molecule has 0 saturated heterocycles. The van der Waals surface area contributed by atoms with Gasteiger partial charge in [0.25, 0.3) is 0 Å². The van der Waals surface area contributed by atoms with Crippen LogP contribution in [0.2, 0.25) is 5.02 Å². The number of hydrogen-bond acceptors (Lipinski definition) is 3. The van der Waals surface area contributed by atoms with Crippen molar-refractivity contribution in [1.82, 2.24) is 9.71 Å². The minimum absolute atomic E-state index is 0.182. The lowest BCUT2D eigenvalue weighted by Crippen LogP contribution is -2.36. The monoisotopic (exact) mass is 325 g/mol. The second-order valence-corrected chi connectivity index (χ2v) is 7.97. The number of aromatic nitrogens is 1. The van der Waals surface area contributed by atoms with Crippen LogP contribution in [-0.2, 0) is 11.0 Å². The van der Waals surface area contributed by atoms with Crippen LogP contribution in [0.1, 0.15) is 50.9 Å². The maximum atomic E-state index is 12.3. The van der Waals surface area contributed by atoms with Gasteiger partial charge in [0.05, 0.1) is 20.8 Å². The summed E-state index contributed by atoms with van der Waals surface area (Å²) < 4.78 is 15.0. The fourth-order valence-electron chi connectivity index (χ4n) is 1.67. The van der Waals surface area contributed by atoms with Crippen LogP contribution >= 0.6 is 11.6 Å². The average Bonchev–Trinajstić information content (AvgIpc) is 2.42. The molecule has 1 N–H and O–H groups in total. The molecule has 4 nitrogen and oxygen atoms in total. The summed E-state index contributed by atoms with van der Waals surface area (Å²) in [6.07, 6.45) is 4.79. The number of rotatable bonds is 6. The smallest absolute Gasteiger partial charge is 0.159 e. The highest BCUT2D eigenvalue weighted by molar-refractivity contribution is 7.84. The van der Waals surface area contributed by atoms with E-state index < -0.39 is 11.0 Å². The van der Waals surface area contributed by atoms with Crippen molar-refractivity contribution < 1.29 is 4.21 Å². The van der Waals surface area contributed by atoms with Gasteiger partial charge in [-0.3, -0.25) is 0 Å². The van der Waals surface area contributed by atoms with Gasteiger partial charge >= 0.3 is 0 Å².